The number of hydrogen-bond acceptors (Lipinski definition) is 6. The number of halogens is 3. The third-order valence-electron chi connectivity index (χ3n) is 5.66. The Morgan fingerprint density at radius 1 is 1.09 bits per heavy atom. The number of hydrogen-bond donors (Lipinski definition) is 2. The van der Waals surface area contributed by atoms with E-state index in [1.165, 1.54) is 0 Å². The SMILES string of the molecule is Cc1ncc(-c2cnc3cnc(NC(=O)[C@H]4CC[C@H](NCCC(F)(F)F)CC4)cc3c2)o1. The largest absolute Gasteiger partial charge is 0.441 e. The molecule has 3 aromatic heterocycles. The third kappa shape index (κ3) is 5.61. The minimum absolute atomic E-state index is 0.0180. The molecule has 0 radical (unpaired) electrons. The van der Waals surface area contributed by atoms with E-state index in [9.17, 15) is 18.0 Å². The number of carbonyl (C=O) groups excluding carboxylic acids is 1. The number of rotatable bonds is 6. The lowest BCUT2D eigenvalue weighted by atomic mass is 9.85. The Balaban J connectivity index is 1.34. The van der Waals surface area contributed by atoms with Crippen LogP contribution in [0.2, 0.25) is 0 Å². The molecule has 7 nitrogen and oxygen atoms in total. The molecule has 4 rings (SSSR count). The van der Waals surface area contributed by atoms with Crippen molar-refractivity contribution in [2.75, 3.05) is 11.9 Å². The summed E-state index contributed by atoms with van der Waals surface area (Å²) in [5.74, 6) is 1.30. The van der Waals surface area contributed by atoms with Gasteiger partial charge in [-0.15, -0.1) is 0 Å². The number of pyridine rings is 2. The fourth-order valence-electron chi connectivity index (χ4n) is 3.94. The van der Waals surface area contributed by atoms with Gasteiger partial charge in [-0.1, -0.05) is 0 Å². The number of alkyl halides is 3. The van der Waals surface area contributed by atoms with Crippen molar-refractivity contribution in [1.29, 1.82) is 0 Å². The van der Waals surface area contributed by atoms with Gasteiger partial charge < -0.3 is 15.1 Å². The predicted molar refractivity (Wildman–Crippen MR) is 113 cm³/mol. The van der Waals surface area contributed by atoms with Crippen molar-refractivity contribution < 1.29 is 22.4 Å². The van der Waals surface area contributed by atoms with Crippen LogP contribution in [0.3, 0.4) is 0 Å². The molecule has 32 heavy (non-hydrogen) atoms. The van der Waals surface area contributed by atoms with Crippen molar-refractivity contribution >= 4 is 22.6 Å². The predicted octanol–water partition coefficient (Wildman–Crippen LogP) is 4.63. The summed E-state index contributed by atoms with van der Waals surface area (Å²) < 4.78 is 42.4. The van der Waals surface area contributed by atoms with E-state index in [-0.39, 0.29) is 24.4 Å². The highest BCUT2D eigenvalue weighted by Crippen LogP contribution is 2.28. The zero-order chi connectivity index (χ0) is 22.7. The van der Waals surface area contributed by atoms with E-state index in [2.05, 4.69) is 25.6 Å². The quantitative estimate of drug-likeness (QED) is 0.572. The van der Waals surface area contributed by atoms with Crippen LogP contribution in [0.15, 0.2) is 35.1 Å². The zero-order valence-corrected chi connectivity index (χ0v) is 17.6. The van der Waals surface area contributed by atoms with Crippen LogP contribution in [0.4, 0.5) is 19.0 Å². The van der Waals surface area contributed by atoms with E-state index < -0.39 is 12.6 Å². The van der Waals surface area contributed by atoms with Crippen molar-refractivity contribution in [3.05, 3.63) is 36.6 Å². The maximum Gasteiger partial charge on any atom is 0.390 e. The molecular formula is C22H24F3N5O2. The molecule has 0 aromatic carbocycles. The molecular weight excluding hydrogens is 423 g/mol. The number of oxazole rings is 1. The third-order valence-corrected chi connectivity index (χ3v) is 5.66. The first-order valence-electron chi connectivity index (χ1n) is 10.6. The van der Waals surface area contributed by atoms with Crippen LogP contribution in [0.5, 0.6) is 0 Å². The van der Waals surface area contributed by atoms with Gasteiger partial charge in [0.15, 0.2) is 11.7 Å². The van der Waals surface area contributed by atoms with Crippen LogP contribution in [-0.2, 0) is 4.79 Å². The molecule has 0 aliphatic heterocycles. The van der Waals surface area contributed by atoms with Gasteiger partial charge in [0, 0.05) is 42.6 Å². The molecule has 10 heteroatoms. The van der Waals surface area contributed by atoms with Crippen LogP contribution in [0, 0.1) is 12.8 Å². The van der Waals surface area contributed by atoms with Crippen molar-refractivity contribution in [2.24, 2.45) is 5.92 Å². The lowest BCUT2D eigenvalue weighted by Crippen LogP contribution is -2.37. The summed E-state index contributed by atoms with van der Waals surface area (Å²) in [6.45, 7) is 1.68. The number of anilines is 1. The highest BCUT2D eigenvalue weighted by molar-refractivity contribution is 5.94. The Kier molecular flexibility index (Phi) is 6.40. The Bertz CT molecular complexity index is 1090. The number of aryl methyl sites for hydroxylation is 1. The summed E-state index contributed by atoms with van der Waals surface area (Å²) in [5, 5.41) is 6.61. The second-order valence-electron chi connectivity index (χ2n) is 8.09. The maximum absolute atomic E-state index is 12.7. The summed E-state index contributed by atoms with van der Waals surface area (Å²) in [6, 6.07) is 3.68. The minimum Gasteiger partial charge on any atom is -0.441 e. The standard InChI is InChI=1S/C22H24F3N5O2/c1-13-27-12-19(32-13)16-8-15-9-20(29-11-18(15)28-10-16)30-21(31)14-2-4-17(5-3-14)26-7-6-22(23,24)25/h8-12,14,17,26H,2-7H2,1H3,(H,29,30,31)/t14-,17-. The number of carbonyl (C=O) groups is 1. The second-order valence-corrected chi connectivity index (χ2v) is 8.09. The molecule has 1 aliphatic carbocycles. The van der Waals surface area contributed by atoms with Crippen LogP contribution >= 0.6 is 0 Å². The lowest BCUT2D eigenvalue weighted by molar-refractivity contribution is -0.133. The molecule has 0 unspecified atom stereocenters. The average molecular weight is 447 g/mol. The van der Waals surface area contributed by atoms with E-state index in [1.807, 2.05) is 6.07 Å². The normalized spacial score (nSPS) is 19.2. The zero-order valence-electron chi connectivity index (χ0n) is 17.6. The Morgan fingerprint density at radius 3 is 2.56 bits per heavy atom. The summed E-state index contributed by atoms with van der Waals surface area (Å²) >= 11 is 0. The van der Waals surface area contributed by atoms with Crippen LogP contribution in [-0.4, -0.2) is 39.6 Å². The topological polar surface area (TPSA) is 92.9 Å². The van der Waals surface area contributed by atoms with E-state index in [1.54, 1.807) is 31.6 Å². The second kappa shape index (κ2) is 9.23. The summed E-state index contributed by atoms with van der Waals surface area (Å²) in [5.41, 5.74) is 1.46. The van der Waals surface area contributed by atoms with E-state index >= 15 is 0 Å². The Morgan fingerprint density at radius 2 is 1.88 bits per heavy atom. The molecule has 2 N–H and O–H groups in total. The number of nitrogens with zero attached hydrogens (tertiary/aromatic N) is 3. The molecule has 3 aromatic rings. The number of nitrogens with one attached hydrogen (secondary N) is 2. The smallest absolute Gasteiger partial charge is 0.390 e. The fraction of sp³-hybridized carbons (Fsp3) is 0.455. The number of aromatic nitrogens is 3. The van der Waals surface area contributed by atoms with Gasteiger partial charge in [0.2, 0.25) is 5.91 Å². The maximum atomic E-state index is 12.7. The first kappa shape index (κ1) is 22.2. The molecule has 0 spiro atoms. The summed E-state index contributed by atoms with van der Waals surface area (Å²) in [4.78, 5) is 25.4. The van der Waals surface area contributed by atoms with E-state index in [4.69, 9.17) is 4.42 Å². The van der Waals surface area contributed by atoms with Crippen molar-refractivity contribution in [3.8, 4) is 11.3 Å². The number of amides is 1. The molecule has 170 valence electrons. The molecule has 0 saturated heterocycles. The molecule has 0 bridgehead atoms. The van der Waals surface area contributed by atoms with Gasteiger partial charge in [0.25, 0.3) is 0 Å². The van der Waals surface area contributed by atoms with Gasteiger partial charge in [0.1, 0.15) is 5.82 Å². The minimum atomic E-state index is -4.15. The first-order valence-corrected chi connectivity index (χ1v) is 10.6. The summed E-state index contributed by atoms with van der Waals surface area (Å²) in [6.07, 6.45) is 2.52. The van der Waals surface area contributed by atoms with Crippen molar-refractivity contribution in [3.63, 3.8) is 0 Å². The van der Waals surface area contributed by atoms with Crippen LogP contribution in [0.1, 0.15) is 38.0 Å². The van der Waals surface area contributed by atoms with Gasteiger partial charge >= 0.3 is 6.18 Å². The molecule has 0 atom stereocenters. The number of fused-ring (bicyclic) bond motifs is 1. The van der Waals surface area contributed by atoms with Crippen molar-refractivity contribution in [1.82, 2.24) is 20.3 Å². The molecule has 1 amide bonds. The highest BCUT2D eigenvalue weighted by atomic mass is 19.4. The highest BCUT2D eigenvalue weighted by Gasteiger charge is 2.29. The van der Waals surface area contributed by atoms with Gasteiger partial charge in [-0.25, -0.2) is 9.97 Å². The van der Waals surface area contributed by atoms with Gasteiger partial charge in [-0.05, 0) is 37.8 Å². The molecule has 1 saturated carbocycles. The Labute approximate surface area is 182 Å². The monoisotopic (exact) mass is 447 g/mol. The van der Waals surface area contributed by atoms with E-state index in [0.29, 0.717) is 48.7 Å². The first-order chi connectivity index (χ1) is 15.3. The van der Waals surface area contributed by atoms with Crippen LogP contribution in [0.25, 0.3) is 22.2 Å². The molecule has 1 aliphatic rings. The van der Waals surface area contributed by atoms with Gasteiger partial charge in [0.05, 0.1) is 24.3 Å². The van der Waals surface area contributed by atoms with Gasteiger partial charge in [-0.2, -0.15) is 13.2 Å². The lowest BCUT2D eigenvalue weighted by Gasteiger charge is -2.28. The Hall–Kier alpha value is -3.01. The fourth-order valence-corrected chi connectivity index (χ4v) is 3.94. The molecule has 1 fully saturated rings. The van der Waals surface area contributed by atoms with Crippen LogP contribution < -0.4 is 10.6 Å². The van der Waals surface area contributed by atoms with Gasteiger partial charge in [-0.3, -0.25) is 9.78 Å². The van der Waals surface area contributed by atoms with E-state index in [0.717, 1.165) is 10.9 Å². The van der Waals surface area contributed by atoms with Crippen molar-refractivity contribution in [2.45, 2.75) is 51.2 Å². The summed E-state index contributed by atoms with van der Waals surface area (Å²) in [7, 11) is 0. The molecule has 3 heterocycles. The average Bonchev–Trinajstić information content (AvgIpc) is 3.19.